The van der Waals surface area contributed by atoms with Gasteiger partial charge < -0.3 is 14.2 Å². The van der Waals surface area contributed by atoms with E-state index in [9.17, 15) is 14.4 Å². The van der Waals surface area contributed by atoms with Crippen LogP contribution in [0, 0.1) is 0 Å². The Morgan fingerprint density at radius 3 is 0.790 bits per heavy atom. The fourth-order valence-corrected chi connectivity index (χ4v) is 9.45. The molecular weight excluding hydrogens is 997 g/mol. The van der Waals surface area contributed by atoms with Crippen LogP contribution in [0.5, 0.6) is 0 Å². The average molecular weight is 1120 g/mol. The van der Waals surface area contributed by atoms with Gasteiger partial charge in [0.25, 0.3) is 0 Å². The molecule has 0 fully saturated rings. The van der Waals surface area contributed by atoms with Gasteiger partial charge in [0.2, 0.25) is 0 Å². The van der Waals surface area contributed by atoms with Gasteiger partial charge in [0.15, 0.2) is 6.10 Å². The highest BCUT2D eigenvalue weighted by Crippen LogP contribution is 2.17. The summed E-state index contributed by atoms with van der Waals surface area (Å²) in [4.78, 5) is 38.3. The van der Waals surface area contributed by atoms with Crippen LogP contribution in [0.25, 0.3) is 0 Å². The van der Waals surface area contributed by atoms with Gasteiger partial charge in [0.05, 0.1) is 0 Å². The molecule has 0 aromatic heterocycles. The maximum atomic E-state index is 12.9. The van der Waals surface area contributed by atoms with Crippen molar-refractivity contribution in [1.82, 2.24) is 0 Å². The number of carbonyl (C=O) groups is 3. The van der Waals surface area contributed by atoms with Crippen molar-refractivity contribution in [2.24, 2.45) is 0 Å². The molecule has 81 heavy (non-hydrogen) atoms. The highest BCUT2D eigenvalue weighted by molar-refractivity contribution is 5.71. The van der Waals surface area contributed by atoms with Crippen molar-refractivity contribution in [2.75, 3.05) is 13.2 Å². The topological polar surface area (TPSA) is 78.9 Å². The highest BCUT2D eigenvalue weighted by atomic mass is 16.6. The Morgan fingerprint density at radius 1 is 0.259 bits per heavy atom. The van der Waals surface area contributed by atoms with Crippen molar-refractivity contribution < 1.29 is 28.6 Å². The van der Waals surface area contributed by atoms with E-state index in [-0.39, 0.29) is 37.5 Å². The third-order valence-electron chi connectivity index (χ3n) is 14.5. The monoisotopic (exact) mass is 1120 g/mol. The lowest BCUT2D eigenvalue weighted by atomic mass is 10.0. The van der Waals surface area contributed by atoms with Crippen molar-refractivity contribution >= 4 is 17.9 Å². The first-order valence-corrected chi connectivity index (χ1v) is 34.0. The minimum Gasteiger partial charge on any atom is -0.462 e. The Kier molecular flexibility index (Phi) is 64.8. The van der Waals surface area contributed by atoms with Crippen LogP contribution in [0.3, 0.4) is 0 Å². The Bertz CT molecular complexity index is 1670. The number of hydrogen-bond donors (Lipinski definition) is 0. The summed E-state index contributed by atoms with van der Waals surface area (Å²) in [6.45, 7) is 6.37. The van der Waals surface area contributed by atoms with Crippen LogP contribution in [-0.2, 0) is 28.6 Å². The van der Waals surface area contributed by atoms with E-state index in [1.165, 1.54) is 154 Å². The molecule has 0 aromatic carbocycles. The van der Waals surface area contributed by atoms with Crippen LogP contribution < -0.4 is 0 Å². The first-order valence-electron chi connectivity index (χ1n) is 34.0. The summed E-state index contributed by atoms with van der Waals surface area (Å²) < 4.78 is 16.9. The fourth-order valence-electron chi connectivity index (χ4n) is 9.45. The van der Waals surface area contributed by atoms with Gasteiger partial charge in [-0.3, -0.25) is 14.4 Å². The molecule has 0 aliphatic carbocycles. The summed E-state index contributed by atoms with van der Waals surface area (Å²) >= 11 is 0. The van der Waals surface area contributed by atoms with Crippen molar-refractivity contribution in [1.29, 1.82) is 0 Å². The van der Waals surface area contributed by atoms with E-state index in [1.807, 2.05) is 0 Å². The molecule has 0 amide bonds. The van der Waals surface area contributed by atoms with Gasteiger partial charge in [-0.1, -0.05) is 316 Å². The minimum absolute atomic E-state index is 0.111. The Morgan fingerprint density at radius 2 is 0.494 bits per heavy atom. The molecule has 6 heteroatoms. The third-order valence-corrected chi connectivity index (χ3v) is 14.5. The lowest BCUT2D eigenvalue weighted by Gasteiger charge is -2.18. The molecule has 0 saturated heterocycles. The summed E-state index contributed by atoms with van der Waals surface area (Å²) in [5, 5.41) is 0. The minimum atomic E-state index is -0.824. The number of hydrogen-bond acceptors (Lipinski definition) is 6. The van der Waals surface area contributed by atoms with Gasteiger partial charge >= 0.3 is 17.9 Å². The Hall–Kier alpha value is -4.19. The van der Waals surface area contributed by atoms with Gasteiger partial charge in [-0.05, 0) is 103 Å². The van der Waals surface area contributed by atoms with Crippen LogP contribution in [0.2, 0.25) is 0 Å². The van der Waals surface area contributed by atoms with Crippen molar-refractivity contribution in [3.8, 4) is 0 Å². The molecule has 1 atom stereocenters. The van der Waals surface area contributed by atoms with E-state index in [2.05, 4.69) is 142 Å². The molecule has 0 spiro atoms. The number of ether oxygens (including phenoxy) is 3. The normalized spacial score (nSPS) is 12.9. The molecule has 0 aliphatic heterocycles. The lowest BCUT2D eigenvalue weighted by molar-refractivity contribution is -0.167. The summed E-state index contributed by atoms with van der Waals surface area (Å²) in [5.74, 6) is -0.994. The zero-order chi connectivity index (χ0) is 58.5. The zero-order valence-electron chi connectivity index (χ0n) is 53.0. The molecule has 0 aromatic rings. The van der Waals surface area contributed by atoms with Gasteiger partial charge in [0.1, 0.15) is 13.2 Å². The molecule has 6 nitrogen and oxygen atoms in total. The number of rotatable bonds is 61. The van der Waals surface area contributed by atoms with Crippen molar-refractivity contribution in [2.45, 2.75) is 322 Å². The van der Waals surface area contributed by atoms with E-state index in [4.69, 9.17) is 14.2 Å². The molecular formula is C75H126O6. The molecule has 0 saturated carbocycles. The Labute approximate surface area is 501 Å². The van der Waals surface area contributed by atoms with Crippen molar-refractivity contribution in [3.05, 3.63) is 122 Å². The number of unbranched alkanes of at least 4 members (excludes halogenated alkanes) is 30. The molecule has 0 rings (SSSR count). The van der Waals surface area contributed by atoms with E-state index in [1.54, 1.807) is 0 Å². The van der Waals surface area contributed by atoms with Crippen LogP contribution in [0.4, 0.5) is 0 Å². The van der Waals surface area contributed by atoms with Gasteiger partial charge in [-0.25, -0.2) is 0 Å². The van der Waals surface area contributed by atoms with E-state index >= 15 is 0 Å². The van der Waals surface area contributed by atoms with Crippen LogP contribution in [0.15, 0.2) is 122 Å². The maximum Gasteiger partial charge on any atom is 0.306 e. The molecule has 0 N–H and O–H groups in total. The first kappa shape index (κ1) is 76.8. The zero-order valence-corrected chi connectivity index (χ0v) is 53.0. The van der Waals surface area contributed by atoms with E-state index in [0.29, 0.717) is 19.3 Å². The predicted octanol–water partition coefficient (Wildman–Crippen LogP) is 23.6. The Balaban J connectivity index is 4.37. The largest absolute Gasteiger partial charge is 0.462 e. The number of esters is 3. The molecule has 0 bridgehead atoms. The van der Waals surface area contributed by atoms with E-state index < -0.39 is 6.10 Å². The summed E-state index contributed by atoms with van der Waals surface area (Å²) in [6, 6.07) is 0. The van der Waals surface area contributed by atoms with Gasteiger partial charge in [-0.2, -0.15) is 0 Å². The maximum absolute atomic E-state index is 12.9. The molecule has 0 aliphatic rings. The third kappa shape index (κ3) is 66.5. The quantitative estimate of drug-likeness (QED) is 0.0261. The summed E-state index contributed by atoms with van der Waals surface area (Å²) in [7, 11) is 0. The average Bonchev–Trinajstić information content (AvgIpc) is 3.46. The van der Waals surface area contributed by atoms with Crippen LogP contribution >= 0.6 is 0 Å². The second-order valence-electron chi connectivity index (χ2n) is 22.3. The fraction of sp³-hybridized carbons (Fsp3) is 0.693. The standard InChI is InChI=1S/C75H126O6/c1-4-7-10-13-16-19-22-25-27-29-31-33-35-36-37-38-40-41-43-45-47-50-53-56-59-62-65-68-74(77)80-71-72(70-79-73(76)67-64-61-58-55-52-49-24-21-18-15-12-9-6-3)81-75(78)69-66-63-60-57-54-51-48-46-44-42-39-34-32-30-28-26-23-20-17-14-11-8-5-2/h8-9,11-12,17-18,20-21,26,28,32,34,42,44,48-49,51-52,57,60,72H,4-7,10,13-16,19,22-25,27,29-31,33,35-41,43,45-47,50,53-56,58-59,61-71H2,1-3H3/b11-8-,12-9-,20-17-,21-18-,28-26-,34-32-,44-42-,51-48-,52-49-,60-57-. The number of carbonyl (C=O) groups excluding carboxylic acids is 3. The van der Waals surface area contributed by atoms with Crippen LogP contribution in [0.1, 0.15) is 316 Å². The van der Waals surface area contributed by atoms with Gasteiger partial charge in [0, 0.05) is 19.3 Å². The van der Waals surface area contributed by atoms with Crippen LogP contribution in [-0.4, -0.2) is 37.2 Å². The highest BCUT2D eigenvalue weighted by Gasteiger charge is 2.19. The van der Waals surface area contributed by atoms with Gasteiger partial charge in [-0.15, -0.1) is 0 Å². The first-order chi connectivity index (χ1) is 40.0. The second kappa shape index (κ2) is 68.3. The summed E-state index contributed by atoms with van der Waals surface area (Å²) in [6.07, 6.45) is 95.3. The molecule has 462 valence electrons. The van der Waals surface area contributed by atoms with E-state index in [0.717, 1.165) is 116 Å². The lowest BCUT2D eigenvalue weighted by Crippen LogP contribution is -2.30. The second-order valence-corrected chi connectivity index (χ2v) is 22.3. The molecule has 0 heterocycles. The molecule has 0 radical (unpaired) electrons. The summed E-state index contributed by atoms with van der Waals surface area (Å²) in [5.41, 5.74) is 0. The predicted molar refractivity (Wildman–Crippen MR) is 353 cm³/mol. The smallest absolute Gasteiger partial charge is 0.306 e. The van der Waals surface area contributed by atoms with Crippen molar-refractivity contribution in [3.63, 3.8) is 0 Å². The SMILES string of the molecule is CC/C=C\C/C=C\C/C=C\C/C=C\C/C=C\C/C=C\C/C=C\CCCC(=O)OC(COC(=O)CCCCC/C=C\C/C=C\C/C=C\CC)COC(=O)CCCCCCCCCCCCCCCCCCCCCCCCCCCCC. The molecule has 1 unspecified atom stereocenters. The number of allylic oxidation sites excluding steroid dienone is 20.